The topological polar surface area (TPSA) is 70.8 Å². The van der Waals surface area contributed by atoms with Crippen LogP contribution in [-0.4, -0.2) is 37.3 Å². The van der Waals surface area contributed by atoms with Crippen LogP contribution in [0, 0.1) is 0 Å². The summed E-state index contributed by atoms with van der Waals surface area (Å²) in [5.41, 5.74) is 4.16. The van der Waals surface area contributed by atoms with Crippen molar-refractivity contribution in [3.63, 3.8) is 0 Å². The number of thiocarbonyl (C=S) groups is 1. The van der Waals surface area contributed by atoms with E-state index in [9.17, 15) is 4.79 Å². The Hall–Kier alpha value is -4.17. The van der Waals surface area contributed by atoms with Crippen molar-refractivity contribution in [2.75, 3.05) is 31.0 Å². The van der Waals surface area contributed by atoms with E-state index in [-0.39, 0.29) is 12.1 Å². The number of nitrogens with one attached hydrogen (secondary N) is 1. The fourth-order valence-electron chi connectivity index (χ4n) is 4.42. The molecule has 36 heavy (non-hydrogen) atoms. The lowest BCUT2D eigenvalue weighted by Gasteiger charge is -2.26. The van der Waals surface area contributed by atoms with Gasteiger partial charge in [0.15, 0.2) is 5.11 Å². The minimum Gasteiger partial charge on any atom is -0.465 e. The van der Waals surface area contributed by atoms with E-state index < -0.39 is 5.97 Å². The quantitative estimate of drug-likeness (QED) is 0.281. The molecular weight excluding hydrogens is 472 g/mol. The third-order valence-electron chi connectivity index (χ3n) is 6.23. The van der Waals surface area contributed by atoms with Gasteiger partial charge in [-0.3, -0.25) is 4.98 Å². The summed E-state index contributed by atoms with van der Waals surface area (Å²) >= 11 is 5.80. The van der Waals surface area contributed by atoms with Gasteiger partial charge in [0.2, 0.25) is 0 Å². The van der Waals surface area contributed by atoms with Crippen LogP contribution in [-0.2, 0) is 4.74 Å². The van der Waals surface area contributed by atoms with Gasteiger partial charge in [0.05, 0.1) is 24.4 Å². The number of furan rings is 1. The molecular formula is C28H26N4O3S. The molecule has 1 fully saturated rings. The Kier molecular flexibility index (Phi) is 6.43. The number of hydrogen-bond donors (Lipinski definition) is 1. The first-order valence-corrected chi connectivity index (χ1v) is 11.9. The maximum atomic E-state index is 12.0. The monoisotopic (exact) mass is 498 g/mol. The highest BCUT2D eigenvalue weighted by molar-refractivity contribution is 7.80. The van der Waals surface area contributed by atoms with E-state index in [2.05, 4.69) is 44.4 Å². The molecule has 1 saturated heterocycles. The first-order valence-electron chi connectivity index (χ1n) is 11.5. The Morgan fingerprint density at radius 2 is 1.86 bits per heavy atom. The number of aromatic nitrogens is 1. The Labute approximate surface area is 215 Å². The maximum Gasteiger partial charge on any atom is 0.337 e. The fraction of sp³-hybridized carbons (Fsp3) is 0.179. The lowest BCUT2D eigenvalue weighted by molar-refractivity contribution is 0.0601. The van der Waals surface area contributed by atoms with Crippen molar-refractivity contribution in [1.82, 2.24) is 10.3 Å². The number of carbonyl (C=O) groups excluding carboxylic acids is 1. The summed E-state index contributed by atoms with van der Waals surface area (Å²) in [6.07, 6.45) is 1.78. The van der Waals surface area contributed by atoms with Crippen LogP contribution in [0.1, 0.15) is 33.9 Å². The molecule has 0 aliphatic carbocycles. The molecule has 2 aromatic carbocycles. The number of carbonyl (C=O) groups is 1. The van der Waals surface area contributed by atoms with Crippen molar-refractivity contribution in [3.05, 3.63) is 102 Å². The molecule has 1 aliphatic heterocycles. The van der Waals surface area contributed by atoms with E-state index in [1.807, 2.05) is 56.6 Å². The summed E-state index contributed by atoms with van der Waals surface area (Å²) in [4.78, 5) is 20.7. The van der Waals surface area contributed by atoms with Crippen LogP contribution in [0.15, 0.2) is 89.5 Å². The van der Waals surface area contributed by atoms with Crippen molar-refractivity contribution in [3.8, 4) is 11.3 Å². The second-order valence-corrected chi connectivity index (χ2v) is 9.07. The average Bonchev–Trinajstić information content (AvgIpc) is 3.53. The van der Waals surface area contributed by atoms with Gasteiger partial charge in [0.1, 0.15) is 17.6 Å². The second kappa shape index (κ2) is 9.83. The molecule has 0 saturated carbocycles. The molecule has 1 N–H and O–H groups in total. The van der Waals surface area contributed by atoms with E-state index >= 15 is 0 Å². The zero-order chi connectivity index (χ0) is 25.2. The highest BCUT2D eigenvalue weighted by atomic mass is 32.1. The molecule has 3 heterocycles. The molecule has 2 aromatic heterocycles. The number of nitrogens with zero attached hydrogens (tertiary/aromatic N) is 3. The molecule has 182 valence electrons. The first kappa shape index (κ1) is 23.6. The summed E-state index contributed by atoms with van der Waals surface area (Å²) in [6.45, 7) is 0. The van der Waals surface area contributed by atoms with Crippen LogP contribution in [0.4, 0.5) is 11.4 Å². The van der Waals surface area contributed by atoms with Gasteiger partial charge in [0.25, 0.3) is 0 Å². The summed E-state index contributed by atoms with van der Waals surface area (Å²) < 4.78 is 11.3. The number of anilines is 2. The molecule has 1 aliphatic rings. The molecule has 0 unspecified atom stereocenters. The summed E-state index contributed by atoms with van der Waals surface area (Å²) in [6, 6.07) is 24.7. The molecule has 7 nitrogen and oxygen atoms in total. The fourth-order valence-corrected chi connectivity index (χ4v) is 4.76. The standard InChI is InChI=1S/C28H26N4O3S/c1-31(2)20-10-12-21(13-11-20)32-26(25(30-28(32)36)22-9-4-5-16-29-22)24-15-14-23(35-24)18-7-6-8-19(17-18)27(33)34-3/h4-17,25-26H,1-3H3,(H,30,36)/t25-,26+/m0/s1. The number of ether oxygens (including phenoxy) is 1. The van der Waals surface area contributed by atoms with Crippen molar-refractivity contribution < 1.29 is 13.9 Å². The number of methoxy groups -OCH3 is 1. The number of pyridine rings is 1. The third kappa shape index (κ3) is 4.43. The third-order valence-corrected chi connectivity index (χ3v) is 6.54. The molecule has 0 amide bonds. The van der Waals surface area contributed by atoms with Gasteiger partial charge in [-0.25, -0.2) is 4.79 Å². The van der Waals surface area contributed by atoms with Gasteiger partial charge in [-0.15, -0.1) is 0 Å². The van der Waals surface area contributed by atoms with Gasteiger partial charge in [0, 0.05) is 37.2 Å². The largest absolute Gasteiger partial charge is 0.465 e. The molecule has 0 spiro atoms. The zero-order valence-corrected chi connectivity index (χ0v) is 21.0. The normalized spacial score (nSPS) is 17.1. The van der Waals surface area contributed by atoms with Crippen LogP contribution in [0.3, 0.4) is 0 Å². The summed E-state index contributed by atoms with van der Waals surface area (Å²) in [5, 5.41) is 4.04. The number of rotatable bonds is 6. The number of hydrogen-bond acceptors (Lipinski definition) is 6. The van der Waals surface area contributed by atoms with Crippen LogP contribution >= 0.6 is 12.2 Å². The highest BCUT2D eigenvalue weighted by Crippen LogP contribution is 2.43. The minimum absolute atomic E-state index is 0.215. The lowest BCUT2D eigenvalue weighted by Crippen LogP contribution is -2.29. The molecule has 0 radical (unpaired) electrons. The Morgan fingerprint density at radius 1 is 1.06 bits per heavy atom. The first-order chi connectivity index (χ1) is 17.5. The maximum absolute atomic E-state index is 12.0. The van der Waals surface area contributed by atoms with Crippen molar-refractivity contribution in [1.29, 1.82) is 0 Å². The van der Waals surface area contributed by atoms with Gasteiger partial charge < -0.3 is 24.3 Å². The molecule has 5 rings (SSSR count). The predicted octanol–water partition coefficient (Wildman–Crippen LogP) is 5.37. The van der Waals surface area contributed by atoms with Crippen LogP contribution in [0.5, 0.6) is 0 Å². The SMILES string of the molecule is COC(=O)c1cccc(-c2ccc([C@@H]3[C@H](c4ccccn4)NC(=S)N3c3ccc(N(C)C)cc3)o2)c1. The van der Waals surface area contributed by atoms with Gasteiger partial charge in [-0.05, 0) is 72.9 Å². The van der Waals surface area contributed by atoms with Crippen LogP contribution < -0.4 is 15.1 Å². The minimum atomic E-state index is -0.392. The lowest BCUT2D eigenvalue weighted by atomic mass is 10.0. The molecule has 2 atom stereocenters. The Balaban J connectivity index is 1.56. The number of benzene rings is 2. The smallest absolute Gasteiger partial charge is 0.337 e. The van der Waals surface area contributed by atoms with E-state index in [1.54, 1.807) is 18.3 Å². The zero-order valence-electron chi connectivity index (χ0n) is 20.2. The Morgan fingerprint density at radius 3 is 2.56 bits per heavy atom. The van der Waals surface area contributed by atoms with Crippen LogP contribution in [0.2, 0.25) is 0 Å². The average molecular weight is 499 g/mol. The van der Waals surface area contributed by atoms with E-state index in [1.165, 1.54) is 7.11 Å². The van der Waals surface area contributed by atoms with Crippen molar-refractivity contribution >= 4 is 34.7 Å². The number of esters is 1. The Bertz CT molecular complexity index is 1390. The summed E-state index contributed by atoms with van der Waals surface area (Å²) in [7, 11) is 5.39. The highest BCUT2D eigenvalue weighted by Gasteiger charge is 2.42. The molecule has 4 aromatic rings. The second-order valence-electron chi connectivity index (χ2n) is 8.68. The van der Waals surface area contributed by atoms with Crippen molar-refractivity contribution in [2.45, 2.75) is 12.1 Å². The van der Waals surface area contributed by atoms with Crippen LogP contribution in [0.25, 0.3) is 11.3 Å². The predicted molar refractivity (Wildman–Crippen MR) is 144 cm³/mol. The van der Waals surface area contributed by atoms with Gasteiger partial charge >= 0.3 is 5.97 Å². The van der Waals surface area contributed by atoms with E-state index in [4.69, 9.17) is 21.4 Å². The van der Waals surface area contributed by atoms with E-state index in [0.29, 0.717) is 16.4 Å². The van der Waals surface area contributed by atoms with Gasteiger partial charge in [-0.1, -0.05) is 18.2 Å². The molecule has 0 bridgehead atoms. The summed E-state index contributed by atoms with van der Waals surface area (Å²) in [5.74, 6) is 0.987. The molecule has 8 heteroatoms. The van der Waals surface area contributed by atoms with E-state index in [0.717, 1.165) is 28.4 Å². The van der Waals surface area contributed by atoms with Gasteiger partial charge in [-0.2, -0.15) is 0 Å². The van der Waals surface area contributed by atoms with Crippen molar-refractivity contribution in [2.24, 2.45) is 0 Å².